The zero-order valence-corrected chi connectivity index (χ0v) is 21.2. The normalized spacial score (nSPS) is 14.5. The van der Waals surface area contributed by atoms with Gasteiger partial charge in [0, 0.05) is 50.6 Å². The summed E-state index contributed by atoms with van der Waals surface area (Å²) in [4.78, 5) is 31.7. The lowest BCUT2D eigenvalue weighted by Gasteiger charge is -2.36. The van der Waals surface area contributed by atoms with Gasteiger partial charge in [-0.1, -0.05) is 6.07 Å². The van der Waals surface area contributed by atoms with Crippen molar-refractivity contribution in [1.82, 2.24) is 29.6 Å². The number of aliphatic hydroxyl groups is 1. The van der Waals surface area contributed by atoms with Crippen molar-refractivity contribution in [3.05, 3.63) is 42.2 Å². The van der Waals surface area contributed by atoms with E-state index in [1.807, 2.05) is 25.4 Å². The summed E-state index contributed by atoms with van der Waals surface area (Å²) < 4.78 is 7.46. The molecular weight excluding hydrogens is 474 g/mol. The molecule has 0 bridgehead atoms. The maximum atomic E-state index is 13.6. The van der Waals surface area contributed by atoms with Crippen LogP contribution in [0.2, 0.25) is 0 Å². The number of oxazole rings is 1. The van der Waals surface area contributed by atoms with E-state index in [0.29, 0.717) is 46.7 Å². The third-order valence-corrected chi connectivity index (χ3v) is 6.48. The molecule has 4 aromatic rings. The van der Waals surface area contributed by atoms with Crippen LogP contribution in [0.4, 0.5) is 17.7 Å². The number of aliphatic hydroxyl groups excluding tert-OH is 1. The summed E-state index contributed by atoms with van der Waals surface area (Å²) in [6.45, 7) is 1.77. The number of nitrogens with one attached hydrogen (secondary N) is 2. The number of hydrogen-bond donors (Lipinski definition) is 3. The summed E-state index contributed by atoms with van der Waals surface area (Å²) in [5.41, 5.74) is 2.73. The predicted molar refractivity (Wildman–Crippen MR) is 141 cm³/mol. The van der Waals surface area contributed by atoms with Gasteiger partial charge in [-0.15, -0.1) is 0 Å². The minimum Gasteiger partial charge on any atom is -0.422 e. The number of rotatable bonds is 8. The predicted octanol–water partition coefficient (Wildman–Crippen LogP) is 2.21. The summed E-state index contributed by atoms with van der Waals surface area (Å²) >= 11 is 0. The molecule has 194 valence electrons. The van der Waals surface area contributed by atoms with Gasteiger partial charge in [0.15, 0.2) is 5.58 Å². The molecule has 37 heavy (non-hydrogen) atoms. The van der Waals surface area contributed by atoms with Gasteiger partial charge in [-0.05, 0) is 39.1 Å². The van der Waals surface area contributed by atoms with Gasteiger partial charge in [0.05, 0.1) is 24.1 Å². The zero-order chi connectivity index (χ0) is 25.9. The Morgan fingerprint density at radius 2 is 2.03 bits per heavy atom. The topological polar surface area (TPSA) is 137 Å². The largest absolute Gasteiger partial charge is 0.422 e. The van der Waals surface area contributed by atoms with Crippen LogP contribution >= 0.6 is 0 Å². The maximum absolute atomic E-state index is 13.6. The number of aryl methyl sites for hydroxylation is 1. The highest BCUT2D eigenvalue weighted by Gasteiger charge is 2.27. The molecule has 0 aromatic carbocycles. The number of amides is 1. The number of carbonyl (C=O) groups excluding carboxylic acids is 1. The molecule has 12 heteroatoms. The van der Waals surface area contributed by atoms with Crippen molar-refractivity contribution in [2.24, 2.45) is 7.05 Å². The Hall–Kier alpha value is -4.03. The van der Waals surface area contributed by atoms with E-state index < -0.39 is 0 Å². The number of piperidine rings is 1. The Morgan fingerprint density at radius 1 is 1.22 bits per heavy atom. The maximum Gasteiger partial charge on any atom is 0.297 e. The fourth-order valence-electron chi connectivity index (χ4n) is 4.50. The Morgan fingerprint density at radius 3 is 2.73 bits per heavy atom. The van der Waals surface area contributed by atoms with Crippen LogP contribution in [0, 0.1) is 0 Å². The molecular formula is C25H31N9O3. The van der Waals surface area contributed by atoms with E-state index >= 15 is 0 Å². The van der Waals surface area contributed by atoms with E-state index in [1.165, 1.54) is 0 Å². The van der Waals surface area contributed by atoms with Crippen LogP contribution in [0.5, 0.6) is 0 Å². The molecule has 1 aliphatic heterocycles. The van der Waals surface area contributed by atoms with Gasteiger partial charge in [0.2, 0.25) is 5.65 Å². The van der Waals surface area contributed by atoms with Gasteiger partial charge in [0.25, 0.3) is 11.9 Å². The van der Waals surface area contributed by atoms with Crippen molar-refractivity contribution < 1.29 is 14.3 Å². The average molecular weight is 506 g/mol. The summed E-state index contributed by atoms with van der Waals surface area (Å²) in [7, 11) is 6.02. The lowest BCUT2D eigenvalue weighted by Crippen LogP contribution is -2.42. The van der Waals surface area contributed by atoms with Crippen molar-refractivity contribution in [1.29, 1.82) is 0 Å². The lowest BCUT2D eigenvalue weighted by atomic mass is 10.0. The van der Waals surface area contributed by atoms with E-state index in [2.05, 4.69) is 49.6 Å². The molecule has 5 rings (SSSR count). The standard InChI is InChI=1S/C25H31N9O3/c1-32(2)17-7-10-34(11-8-17)23-18(13-20-22(30-23)31-25(37-20)26-9-12-35)24(36)29-21-6-4-5-19(28-21)16-14-27-33(3)15-16/h4-6,13-15,17,35H,7-12H2,1-3H3,(H,26,30,31)(H,28,29,36). The molecule has 12 nitrogen and oxygen atoms in total. The summed E-state index contributed by atoms with van der Waals surface area (Å²) in [6.07, 6.45) is 5.52. The summed E-state index contributed by atoms with van der Waals surface area (Å²) in [5.74, 6) is 0.649. The van der Waals surface area contributed by atoms with E-state index in [9.17, 15) is 4.79 Å². The van der Waals surface area contributed by atoms with E-state index in [0.717, 1.165) is 31.5 Å². The number of carbonyl (C=O) groups is 1. The van der Waals surface area contributed by atoms with Crippen molar-refractivity contribution in [2.75, 3.05) is 55.9 Å². The quantitative estimate of drug-likeness (QED) is 0.327. The van der Waals surface area contributed by atoms with Gasteiger partial charge in [0.1, 0.15) is 11.6 Å². The Kier molecular flexibility index (Phi) is 7.01. The van der Waals surface area contributed by atoms with Gasteiger partial charge in [-0.2, -0.15) is 10.1 Å². The molecule has 0 atom stereocenters. The molecule has 3 N–H and O–H groups in total. The van der Waals surface area contributed by atoms with E-state index in [1.54, 1.807) is 23.0 Å². The number of aromatic nitrogens is 5. The minimum atomic E-state index is -0.337. The van der Waals surface area contributed by atoms with Crippen LogP contribution in [0.3, 0.4) is 0 Å². The first kappa shape index (κ1) is 24.7. The van der Waals surface area contributed by atoms with E-state index in [-0.39, 0.29) is 18.5 Å². The molecule has 0 saturated carbocycles. The highest BCUT2D eigenvalue weighted by molar-refractivity contribution is 6.08. The Bertz CT molecular complexity index is 1390. The van der Waals surface area contributed by atoms with Gasteiger partial charge < -0.3 is 30.0 Å². The molecule has 5 heterocycles. The third kappa shape index (κ3) is 5.39. The van der Waals surface area contributed by atoms with Gasteiger partial charge >= 0.3 is 0 Å². The van der Waals surface area contributed by atoms with Gasteiger partial charge in [-0.3, -0.25) is 9.48 Å². The Labute approximate surface area is 214 Å². The van der Waals surface area contributed by atoms with Crippen LogP contribution in [-0.4, -0.2) is 87.0 Å². The number of pyridine rings is 2. The molecule has 0 aliphatic carbocycles. The minimum absolute atomic E-state index is 0.0585. The number of hydrogen-bond acceptors (Lipinski definition) is 10. The first-order valence-corrected chi connectivity index (χ1v) is 12.3. The van der Waals surface area contributed by atoms with Crippen molar-refractivity contribution in [2.45, 2.75) is 18.9 Å². The summed E-state index contributed by atoms with van der Waals surface area (Å²) in [6, 6.07) is 7.87. The first-order valence-electron chi connectivity index (χ1n) is 12.3. The molecule has 1 amide bonds. The van der Waals surface area contributed by atoms with Crippen LogP contribution in [0.25, 0.3) is 22.5 Å². The lowest BCUT2D eigenvalue weighted by molar-refractivity contribution is 0.102. The monoisotopic (exact) mass is 505 g/mol. The fraction of sp³-hybridized carbons (Fsp3) is 0.400. The van der Waals surface area contributed by atoms with Crippen molar-refractivity contribution in [3.63, 3.8) is 0 Å². The highest BCUT2D eigenvalue weighted by atomic mass is 16.4. The summed E-state index contributed by atoms with van der Waals surface area (Å²) in [5, 5.41) is 19.1. The second kappa shape index (κ2) is 10.5. The average Bonchev–Trinajstić information content (AvgIpc) is 3.52. The third-order valence-electron chi connectivity index (χ3n) is 6.48. The second-order valence-electron chi connectivity index (χ2n) is 9.30. The molecule has 0 radical (unpaired) electrons. The smallest absolute Gasteiger partial charge is 0.297 e. The molecule has 0 spiro atoms. The molecule has 1 fully saturated rings. The van der Waals surface area contributed by atoms with Crippen LogP contribution in [-0.2, 0) is 7.05 Å². The number of nitrogens with zero attached hydrogens (tertiary/aromatic N) is 7. The molecule has 0 unspecified atom stereocenters. The van der Waals surface area contributed by atoms with E-state index in [4.69, 9.17) is 14.5 Å². The van der Waals surface area contributed by atoms with Crippen LogP contribution in [0.1, 0.15) is 23.2 Å². The van der Waals surface area contributed by atoms with Crippen LogP contribution in [0.15, 0.2) is 41.1 Å². The SMILES string of the molecule is CN(C)C1CCN(c2nc3nc(NCCO)oc3cc2C(=O)Nc2cccc(-c3cnn(C)c3)n2)CC1. The van der Waals surface area contributed by atoms with Crippen LogP contribution < -0.4 is 15.5 Å². The first-order chi connectivity index (χ1) is 17.9. The highest BCUT2D eigenvalue weighted by Crippen LogP contribution is 2.29. The second-order valence-corrected chi connectivity index (χ2v) is 9.30. The number of anilines is 3. The van der Waals surface area contributed by atoms with Gasteiger partial charge in [-0.25, -0.2) is 9.97 Å². The fourth-order valence-corrected chi connectivity index (χ4v) is 4.50. The Balaban J connectivity index is 1.46. The number of fused-ring (bicyclic) bond motifs is 1. The zero-order valence-electron chi connectivity index (χ0n) is 21.2. The van der Waals surface area contributed by atoms with Crippen molar-refractivity contribution >= 4 is 34.8 Å². The molecule has 1 aliphatic rings. The molecule has 1 saturated heterocycles. The molecule has 4 aromatic heterocycles. The van der Waals surface area contributed by atoms with Crippen molar-refractivity contribution in [3.8, 4) is 11.3 Å².